The minimum Gasteiger partial charge on any atom is -0.339 e. The lowest BCUT2D eigenvalue weighted by Crippen LogP contribution is -2.21. The van der Waals surface area contributed by atoms with Gasteiger partial charge in [0.15, 0.2) is 5.82 Å². The van der Waals surface area contributed by atoms with Crippen LogP contribution in [0.25, 0.3) is 0 Å². The number of aromatic nitrogens is 2. The van der Waals surface area contributed by atoms with Crippen molar-refractivity contribution in [2.45, 2.75) is 42.8 Å². The third-order valence-electron chi connectivity index (χ3n) is 3.72. The second-order valence-corrected chi connectivity index (χ2v) is 6.37. The molecule has 2 aromatic rings. The van der Waals surface area contributed by atoms with Crippen LogP contribution in [-0.4, -0.2) is 15.9 Å². The number of ketones is 1. The van der Waals surface area contributed by atoms with Gasteiger partial charge in [-0.25, -0.2) is 0 Å². The van der Waals surface area contributed by atoms with Crippen LogP contribution in [-0.2, 0) is 17.0 Å². The van der Waals surface area contributed by atoms with Crippen molar-refractivity contribution in [3.05, 3.63) is 42.0 Å². The minimum absolute atomic E-state index is 0.0776. The Balaban J connectivity index is 1.55. The number of nitrogens with zero attached hydrogens (tertiary/aromatic N) is 2. The predicted molar refractivity (Wildman–Crippen MR) is 81.0 cm³/mol. The molecule has 5 heteroatoms. The van der Waals surface area contributed by atoms with Gasteiger partial charge >= 0.3 is 0 Å². The highest BCUT2D eigenvalue weighted by Gasteiger charge is 2.24. The number of hydrogen-bond donors (Lipinski definition) is 0. The smallest absolute Gasteiger partial charge is 0.227 e. The average molecular weight is 302 g/mol. The molecule has 1 aromatic heterocycles. The van der Waals surface area contributed by atoms with Gasteiger partial charge in [-0.3, -0.25) is 4.79 Å². The fourth-order valence-electron chi connectivity index (χ4n) is 2.58. The van der Waals surface area contributed by atoms with Gasteiger partial charge in [-0.2, -0.15) is 4.98 Å². The van der Waals surface area contributed by atoms with E-state index in [1.165, 1.54) is 4.90 Å². The number of Topliss-reactive ketones (excluding diaryl/α,β-unsaturated/α-hetero) is 1. The summed E-state index contributed by atoms with van der Waals surface area (Å²) in [6.07, 6.45) is 4.41. The summed E-state index contributed by atoms with van der Waals surface area (Å²) in [5.74, 6) is 2.40. The van der Waals surface area contributed by atoms with Crippen molar-refractivity contribution >= 4 is 17.5 Å². The molecule has 21 heavy (non-hydrogen) atoms. The molecule has 110 valence electrons. The van der Waals surface area contributed by atoms with Crippen LogP contribution in [0.15, 0.2) is 39.8 Å². The third-order valence-corrected chi connectivity index (χ3v) is 4.73. The van der Waals surface area contributed by atoms with Crippen molar-refractivity contribution in [3.63, 3.8) is 0 Å². The van der Waals surface area contributed by atoms with Gasteiger partial charge < -0.3 is 4.52 Å². The lowest BCUT2D eigenvalue weighted by molar-refractivity contribution is -0.124. The number of rotatable bonds is 5. The summed E-state index contributed by atoms with van der Waals surface area (Å²) < 4.78 is 5.28. The quantitative estimate of drug-likeness (QED) is 0.789. The maximum Gasteiger partial charge on any atom is 0.227 e. The Morgan fingerprint density at radius 2 is 2.10 bits per heavy atom. The summed E-state index contributed by atoms with van der Waals surface area (Å²) in [5, 5.41) is 4.00. The molecule has 0 saturated heterocycles. The Morgan fingerprint density at radius 1 is 1.24 bits per heavy atom. The minimum atomic E-state index is 0.0776. The summed E-state index contributed by atoms with van der Waals surface area (Å²) in [6.45, 7) is 0. The van der Waals surface area contributed by atoms with E-state index < -0.39 is 0 Å². The van der Waals surface area contributed by atoms with Crippen LogP contribution in [0.3, 0.4) is 0 Å². The number of hydrogen-bond acceptors (Lipinski definition) is 5. The average Bonchev–Trinajstić information content (AvgIpc) is 2.96. The third kappa shape index (κ3) is 3.94. The topological polar surface area (TPSA) is 56.0 Å². The Kier molecular flexibility index (Phi) is 4.70. The molecule has 1 aromatic carbocycles. The molecule has 1 unspecified atom stereocenters. The van der Waals surface area contributed by atoms with Crippen molar-refractivity contribution < 1.29 is 9.32 Å². The molecule has 1 saturated carbocycles. The van der Waals surface area contributed by atoms with E-state index in [4.69, 9.17) is 4.52 Å². The first-order valence-electron chi connectivity index (χ1n) is 7.33. The van der Waals surface area contributed by atoms with Gasteiger partial charge in [0.25, 0.3) is 0 Å². The summed E-state index contributed by atoms with van der Waals surface area (Å²) >= 11 is 1.68. The molecule has 1 aliphatic carbocycles. The van der Waals surface area contributed by atoms with Crippen molar-refractivity contribution in [3.8, 4) is 0 Å². The van der Waals surface area contributed by atoms with E-state index in [1.807, 2.05) is 18.2 Å². The van der Waals surface area contributed by atoms with Crippen LogP contribution in [0.4, 0.5) is 0 Å². The first-order chi connectivity index (χ1) is 10.3. The molecule has 0 spiro atoms. The van der Waals surface area contributed by atoms with Crippen LogP contribution in [0, 0.1) is 5.92 Å². The van der Waals surface area contributed by atoms with Crippen LogP contribution in [0.5, 0.6) is 0 Å². The van der Waals surface area contributed by atoms with Gasteiger partial charge in [0.2, 0.25) is 5.89 Å². The van der Waals surface area contributed by atoms with Gasteiger partial charge in [-0.1, -0.05) is 29.8 Å². The molecule has 4 nitrogen and oxygen atoms in total. The number of benzene rings is 1. The van der Waals surface area contributed by atoms with E-state index in [0.29, 0.717) is 36.1 Å². The van der Waals surface area contributed by atoms with Gasteiger partial charge in [0.1, 0.15) is 5.78 Å². The highest BCUT2D eigenvalue weighted by molar-refractivity contribution is 7.98. The van der Waals surface area contributed by atoms with E-state index in [2.05, 4.69) is 22.3 Å². The zero-order valence-corrected chi connectivity index (χ0v) is 12.6. The Labute approximate surface area is 128 Å². The van der Waals surface area contributed by atoms with Gasteiger partial charge in [0.05, 0.1) is 5.75 Å². The highest BCUT2D eigenvalue weighted by atomic mass is 32.2. The monoisotopic (exact) mass is 302 g/mol. The van der Waals surface area contributed by atoms with Crippen LogP contribution < -0.4 is 0 Å². The number of carbonyl (C=O) groups excluding carboxylic acids is 1. The lowest BCUT2D eigenvalue weighted by atomic mass is 9.86. The maximum absolute atomic E-state index is 11.8. The predicted octanol–water partition coefficient (Wildman–Crippen LogP) is 3.66. The molecule has 1 aliphatic rings. The Morgan fingerprint density at radius 3 is 2.90 bits per heavy atom. The van der Waals surface area contributed by atoms with Gasteiger partial charge in [-0.05, 0) is 25.0 Å². The van der Waals surface area contributed by atoms with Gasteiger partial charge in [-0.15, -0.1) is 11.8 Å². The second kappa shape index (κ2) is 6.89. The molecule has 1 heterocycles. The van der Waals surface area contributed by atoms with Crippen molar-refractivity contribution in [2.24, 2.45) is 5.92 Å². The zero-order valence-electron chi connectivity index (χ0n) is 11.8. The molecule has 0 N–H and O–H groups in total. The Bertz CT molecular complexity index is 597. The van der Waals surface area contributed by atoms with Crippen molar-refractivity contribution in [1.82, 2.24) is 10.1 Å². The second-order valence-electron chi connectivity index (χ2n) is 5.32. The molecule has 3 rings (SSSR count). The first-order valence-corrected chi connectivity index (χ1v) is 8.32. The summed E-state index contributed by atoms with van der Waals surface area (Å²) in [5.41, 5.74) is 0. The first kappa shape index (κ1) is 14.3. The SMILES string of the molecule is O=C1CCCCC1Cc1nc(CSc2ccccc2)no1. The van der Waals surface area contributed by atoms with Crippen LogP contribution in [0.1, 0.15) is 37.4 Å². The molecule has 1 fully saturated rings. The molecule has 0 bridgehead atoms. The summed E-state index contributed by atoms with van der Waals surface area (Å²) in [6, 6.07) is 10.1. The van der Waals surface area contributed by atoms with E-state index in [0.717, 1.165) is 19.3 Å². The van der Waals surface area contributed by atoms with Crippen LogP contribution in [0.2, 0.25) is 0 Å². The van der Waals surface area contributed by atoms with Crippen LogP contribution >= 0.6 is 11.8 Å². The largest absolute Gasteiger partial charge is 0.339 e. The summed E-state index contributed by atoms with van der Waals surface area (Å²) in [4.78, 5) is 17.4. The number of carbonyl (C=O) groups is 1. The fourth-order valence-corrected chi connectivity index (χ4v) is 3.34. The standard InChI is InChI=1S/C16H18N2O2S/c19-14-9-5-4-6-12(14)10-16-17-15(18-20-16)11-21-13-7-2-1-3-8-13/h1-3,7-8,12H,4-6,9-11H2. The summed E-state index contributed by atoms with van der Waals surface area (Å²) in [7, 11) is 0. The van der Waals surface area contributed by atoms with Gasteiger partial charge in [0, 0.05) is 23.7 Å². The van der Waals surface area contributed by atoms with E-state index in [1.54, 1.807) is 11.8 Å². The number of thioether (sulfide) groups is 1. The lowest BCUT2D eigenvalue weighted by Gasteiger charge is -2.18. The van der Waals surface area contributed by atoms with E-state index in [9.17, 15) is 4.79 Å². The Hall–Kier alpha value is -1.62. The molecular weight excluding hydrogens is 284 g/mol. The molecule has 0 aliphatic heterocycles. The van der Waals surface area contributed by atoms with Crippen molar-refractivity contribution in [2.75, 3.05) is 0 Å². The van der Waals surface area contributed by atoms with E-state index in [-0.39, 0.29) is 5.92 Å². The molecule has 0 radical (unpaired) electrons. The van der Waals surface area contributed by atoms with E-state index >= 15 is 0 Å². The highest BCUT2D eigenvalue weighted by Crippen LogP contribution is 2.25. The maximum atomic E-state index is 11.8. The zero-order chi connectivity index (χ0) is 14.5. The molecular formula is C16H18N2O2S. The molecule has 0 amide bonds. The fraction of sp³-hybridized carbons (Fsp3) is 0.438. The normalized spacial score (nSPS) is 18.9. The molecule has 1 atom stereocenters. The van der Waals surface area contributed by atoms with Crippen molar-refractivity contribution in [1.29, 1.82) is 0 Å².